The first-order valence-electron chi connectivity index (χ1n) is 18.0. The molecule has 254 valence electrons. The van der Waals surface area contributed by atoms with Crippen LogP contribution >= 0.6 is 0 Å². The van der Waals surface area contributed by atoms with Crippen LogP contribution in [0.5, 0.6) is 0 Å². The van der Waals surface area contributed by atoms with Crippen molar-refractivity contribution in [3.8, 4) is 16.9 Å². The smallest absolute Gasteiger partial charge is 0.113 e. The quantitative estimate of drug-likeness (QED) is 0.180. The van der Waals surface area contributed by atoms with E-state index in [4.69, 9.17) is 0 Å². The molecule has 6 nitrogen and oxygen atoms in total. The maximum Gasteiger partial charge on any atom is 0.113 e. The summed E-state index contributed by atoms with van der Waals surface area (Å²) in [4.78, 5) is 7.05. The van der Waals surface area contributed by atoms with Gasteiger partial charge in [-0.05, 0) is 96.1 Å². The van der Waals surface area contributed by atoms with E-state index in [1.807, 2.05) is 10.9 Å². The van der Waals surface area contributed by atoms with Crippen molar-refractivity contribution in [3.05, 3.63) is 193 Å². The van der Waals surface area contributed by atoms with E-state index < -0.39 is 0 Å². The van der Waals surface area contributed by atoms with E-state index in [9.17, 15) is 0 Å². The van der Waals surface area contributed by atoms with Crippen molar-refractivity contribution >= 4 is 51.2 Å². The molecule has 0 saturated heterocycles. The van der Waals surface area contributed by atoms with Crippen LogP contribution < -0.4 is 14.7 Å². The maximum atomic E-state index is 4.59. The summed E-state index contributed by atoms with van der Waals surface area (Å²) in [5, 5.41) is 9.13. The molecule has 0 fully saturated rings. The third kappa shape index (κ3) is 4.94. The Morgan fingerprint density at radius 1 is 0.377 bits per heavy atom. The Morgan fingerprint density at radius 2 is 0.755 bits per heavy atom. The second-order valence-corrected chi connectivity index (χ2v) is 14.1. The minimum Gasteiger partial charge on any atom is -0.310 e. The Bertz CT molecular complexity index is 2510. The summed E-state index contributed by atoms with van der Waals surface area (Å²) in [7, 11) is 0. The molecule has 53 heavy (non-hydrogen) atoms. The van der Waals surface area contributed by atoms with Gasteiger partial charge in [-0.3, -0.25) is 0 Å². The van der Waals surface area contributed by atoms with Crippen LogP contribution in [0.3, 0.4) is 0 Å². The standard InChI is InChI=1S/C47H36N6/c1-47(2)38-16-6-8-18-41(38)51(42-19-9-7-17-39(42)47)37-30-28-34(29-31-37)50-32-40(48-49-50)33-24-26-36(27-25-33)53-45-22-12-10-20-43(45)52(35-14-4-3-5-15-35)44-21-11-13-23-46(44)53/h3-32H,1-2H3. The van der Waals surface area contributed by atoms with Crippen LogP contribution in [0.1, 0.15) is 25.0 Å². The van der Waals surface area contributed by atoms with Crippen molar-refractivity contribution in [1.82, 2.24) is 15.0 Å². The van der Waals surface area contributed by atoms with Crippen molar-refractivity contribution in [1.29, 1.82) is 0 Å². The monoisotopic (exact) mass is 684 g/mol. The lowest BCUT2D eigenvalue weighted by Gasteiger charge is -2.42. The van der Waals surface area contributed by atoms with Crippen molar-refractivity contribution in [2.24, 2.45) is 0 Å². The zero-order valence-corrected chi connectivity index (χ0v) is 29.5. The van der Waals surface area contributed by atoms with Gasteiger partial charge in [-0.1, -0.05) is 110 Å². The fraction of sp³-hybridized carbons (Fsp3) is 0.0638. The van der Waals surface area contributed by atoms with Crippen LogP contribution in [0, 0.1) is 0 Å². The average Bonchev–Trinajstić information content (AvgIpc) is 3.71. The third-order valence-electron chi connectivity index (χ3n) is 10.7. The number of hydrogen-bond acceptors (Lipinski definition) is 5. The highest BCUT2D eigenvalue weighted by Crippen LogP contribution is 2.54. The van der Waals surface area contributed by atoms with E-state index in [2.05, 4.69) is 215 Å². The molecule has 0 radical (unpaired) electrons. The Morgan fingerprint density at radius 3 is 1.26 bits per heavy atom. The number of aromatic nitrogens is 3. The molecule has 1 aromatic heterocycles. The van der Waals surface area contributed by atoms with Gasteiger partial charge in [0.15, 0.2) is 0 Å². The lowest BCUT2D eigenvalue weighted by atomic mass is 9.73. The summed E-state index contributed by atoms with van der Waals surface area (Å²) >= 11 is 0. The van der Waals surface area contributed by atoms with Gasteiger partial charge < -0.3 is 14.7 Å². The van der Waals surface area contributed by atoms with Crippen LogP contribution in [0.15, 0.2) is 182 Å². The number of fused-ring (bicyclic) bond motifs is 4. The molecule has 0 unspecified atom stereocenters. The van der Waals surface area contributed by atoms with E-state index in [1.165, 1.54) is 22.5 Å². The van der Waals surface area contributed by atoms with Crippen molar-refractivity contribution in [2.45, 2.75) is 19.3 Å². The van der Waals surface area contributed by atoms with Gasteiger partial charge in [0, 0.05) is 28.0 Å². The van der Waals surface area contributed by atoms with Gasteiger partial charge in [0.2, 0.25) is 0 Å². The summed E-state index contributed by atoms with van der Waals surface area (Å²) < 4.78 is 1.85. The highest BCUT2D eigenvalue weighted by Gasteiger charge is 2.36. The number of hydrogen-bond donors (Lipinski definition) is 0. The highest BCUT2D eigenvalue weighted by molar-refractivity contribution is 6.01. The molecule has 10 rings (SSSR count). The van der Waals surface area contributed by atoms with Gasteiger partial charge in [-0.2, -0.15) is 0 Å². The number of nitrogens with zero attached hydrogens (tertiary/aromatic N) is 6. The summed E-state index contributed by atoms with van der Waals surface area (Å²) in [6.07, 6.45) is 2.00. The molecule has 0 aliphatic carbocycles. The lowest BCUT2D eigenvalue weighted by Crippen LogP contribution is -2.30. The molecule has 6 heteroatoms. The third-order valence-corrected chi connectivity index (χ3v) is 10.7. The SMILES string of the molecule is CC1(C)c2ccccc2N(c2ccc(-n3cc(-c4ccc(N5c6ccccc6N(c6ccccc6)c6ccccc65)cc4)nn3)cc2)c2ccccc21. The topological polar surface area (TPSA) is 40.4 Å². The summed E-state index contributed by atoms with van der Waals surface area (Å²) in [6.45, 7) is 4.62. The van der Waals surface area contributed by atoms with Crippen molar-refractivity contribution in [3.63, 3.8) is 0 Å². The molecule has 0 bridgehead atoms. The van der Waals surface area contributed by atoms with Crippen LogP contribution in [0.2, 0.25) is 0 Å². The summed E-state index contributed by atoms with van der Waals surface area (Å²) in [6, 6.07) is 62.4. The molecule has 0 N–H and O–H groups in total. The molecule has 0 spiro atoms. The molecular weight excluding hydrogens is 649 g/mol. The number of anilines is 9. The Kier molecular flexibility index (Phi) is 7.05. The molecule has 0 amide bonds. The largest absolute Gasteiger partial charge is 0.310 e. The number of para-hydroxylation sites is 7. The maximum absolute atomic E-state index is 4.59. The van der Waals surface area contributed by atoms with Crippen LogP contribution in [0.4, 0.5) is 51.2 Å². The summed E-state index contributed by atoms with van der Waals surface area (Å²) in [5.74, 6) is 0. The average molecular weight is 685 g/mol. The van der Waals surface area contributed by atoms with Gasteiger partial charge in [-0.15, -0.1) is 5.10 Å². The lowest BCUT2D eigenvalue weighted by molar-refractivity contribution is 0.632. The van der Waals surface area contributed by atoms with E-state index in [-0.39, 0.29) is 5.41 Å². The first-order valence-corrected chi connectivity index (χ1v) is 18.0. The second kappa shape index (κ2) is 12.1. The van der Waals surface area contributed by atoms with E-state index in [1.54, 1.807) is 0 Å². The zero-order valence-electron chi connectivity index (χ0n) is 29.5. The predicted octanol–water partition coefficient (Wildman–Crippen LogP) is 12.3. The molecule has 0 saturated carbocycles. The summed E-state index contributed by atoms with van der Waals surface area (Å²) in [5.41, 5.74) is 15.6. The number of rotatable bonds is 5. The van der Waals surface area contributed by atoms with Crippen LogP contribution in [-0.4, -0.2) is 15.0 Å². The Balaban J connectivity index is 0.948. The van der Waals surface area contributed by atoms with E-state index >= 15 is 0 Å². The minimum absolute atomic E-state index is 0.0920. The van der Waals surface area contributed by atoms with Gasteiger partial charge in [0.1, 0.15) is 5.69 Å². The van der Waals surface area contributed by atoms with Crippen molar-refractivity contribution < 1.29 is 0 Å². The Hall–Kier alpha value is -6.92. The van der Waals surface area contributed by atoms with Crippen LogP contribution in [0.25, 0.3) is 16.9 Å². The predicted molar refractivity (Wildman–Crippen MR) is 217 cm³/mol. The van der Waals surface area contributed by atoms with E-state index in [0.29, 0.717) is 0 Å². The van der Waals surface area contributed by atoms with Crippen LogP contribution in [-0.2, 0) is 5.41 Å². The van der Waals surface area contributed by atoms with E-state index in [0.717, 1.165) is 56.8 Å². The first-order chi connectivity index (χ1) is 26.1. The first kappa shape index (κ1) is 30.9. The molecule has 3 heterocycles. The molecule has 0 atom stereocenters. The molecule has 2 aliphatic heterocycles. The molecule has 7 aromatic carbocycles. The molecular formula is C47H36N6. The molecule has 2 aliphatic rings. The van der Waals surface area contributed by atoms with Gasteiger partial charge in [-0.25, -0.2) is 4.68 Å². The minimum atomic E-state index is -0.0920. The highest BCUT2D eigenvalue weighted by atomic mass is 15.4. The number of benzene rings is 7. The van der Waals surface area contributed by atoms with Gasteiger partial charge in [0.25, 0.3) is 0 Å². The normalized spacial score (nSPS) is 13.9. The molecule has 8 aromatic rings. The fourth-order valence-electron chi connectivity index (χ4n) is 8.08. The second-order valence-electron chi connectivity index (χ2n) is 14.1. The van der Waals surface area contributed by atoms with Crippen molar-refractivity contribution in [2.75, 3.05) is 14.7 Å². The fourth-order valence-corrected chi connectivity index (χ4v) is 8.08. The van der Waals surface area contributed by atoms with Gasteiger partial charge >= 0.3 is 0 Å². The van der Waals surface area contributed by atoms with Gasteiger partial charge in [0.05, 0.1) is 46.0 Å². The zero-order chi connectivity index (χ0) is 35.5. The Labute approximate surface area is 309 Å².